The van der Waals surface area contributed by atoms with Gasteiger partial charge in [-0.3, -0.25) is 0 Å². The summed E-state index contributed by atoms with van der Waals surface area (Å²) in [5.74, 6) is -4.10. The quantitative estimate of drug-likeness (QED) is 0.821. The van der Waals surface area contributed by atoms with Gasteiger partial charge in [-0.2, -0.15) is 8.78 Å². The predicted molar refractivity (Wildman–Crippen MR) is 66.9 cm³/mol. The molecule has 1 rings (SSSR count). The van der Waals surface area contributed by atoms with Crippen molar-refractivity contribution in [2.75, 3.05) is 12.8 Å². The Kier molecular flexibility index (Phi) is 5.15. The standard InChI is InChI=1S/C12H15F4NO2S/c1-8(17-7-12(15,16)11(13)14)9-3-5-10(6-4-9)20(2,18)19/h3-6,8,11,17H,7H2,1-2H3. The first kappa shape index (κ1) is 16.9. The Balaban J connectivity index is 2.72. The van der Waals surface area contributed by atoms with E-state index in [-0.39, 0.29) is 4.90 Å². The van der Waals surface area contributed by atoms with Crippen molar-refractivity contribution in [1.82, 2.24) is 5.32 Å². The lowest BCUT2D eigenvalue weighted by molar-refractivity contribution is -0.126. The molecule has 1 aromatic carbocycles. The number of hydrogen-bond acceptors (Lipinski definition) is 3. The van der Waals surface area contributed by atoms with Gasteiger partial charge in [-0.05, 0) is 24.6 Å². The van der Waals surface area contributed by atoms with Gasteiger partial charge < -0.3 is 5.32 Å². The number of hydrogen-bond donors (Lipinski definition) is 1. The smallest absolute Gasteiger partial charge is 0.304 e. The summed E-state index contributed by atoms with van der Waals surface area (Å²) in [7, 11) is -3.33. The molecule has 0 aliphatic rings. The normalized spacial score (nSPS) is 14.6. The van der Waals surface area contributed by atoms with Crippen LogP contribution in [0.2, 0.25) is 0 Å². The van der Waals surface area contributed by atoms with Crippen molar-refractivity contribution in [1.29, 1.82) is 0 Å². The van der Waals surface area contributed by atoms with E-state index < -0.39 is 34.8 Å². The molecule has 1 N–H and O–H groups in total. The van der Waals surface area contributed by atoms with Gasteiger partial charge in [0.05, 0.1) is 11.4 Å². The Bertz CT molecular complexity index is 543. The van der Waals surface area contributed by atoms with Gasteiger partial charge in [-0.25, -0.2) is 17.2 Å². The third-order valence-corrected chi connectivity index (χ3v) is 3.90. The molecule has 1 aromatic rings. The Morgan fingerprint density at radius 2 is 1.70 bits per heavy atom. The summed E-state index contributed by atoms with van der Waals surface area (Å²) in [4.78, 5) is 0.103. The van der Waals surface area contributed by atoms with Crippen molar-refractivity contribution in [2.24, 2.45) is 0 Å². The fourth-order valence-corrected chi connectivity index (χ4v) is 2.12. The van der Waals surface area contributed by atoms with Crippen LogP contribution in [0.3, 0.4) is 0 Å². The first-order valence-corrected chi connectivity index (χ1v) is 7.62. The predicted octanol–water partition coefficient (Wildman–Crippen LogP) is 2.64. The maximum Gasteiger partial charge on any atom is 0.319 e. The minimum absolute atomic E-state index is 0.103. The highest BCUT2D eigenvalue weighted by Gasteiger charge is 2.40. The third kappa shape index (κ3) is 4.45. The van der Waals surface area contributed by atoms with Crippen LogP contribution in [0.25, 0.3) is 0 Å². The highest BCUT2D eigenvalue weighted by atomic mass is 32.2. The molecule has 20 heavy (non-hydrogen) atoms. The number of rotatable bonds is 6. The average Bonchev–Trinajstić information content (AvgIpc) is 2.35. The number of sulfone groups is 1. The van der Waals surface area contributed by atoms with E-state index in [1.807, 2.05) is 0 Å². The maximum atomic E-state index is 12.8. The van der Waals surface area contributed by atoms with Crippen LogP contribution < -0.4 is 5.32 Å². The molecule has 0 bridgehead atoms. The molecule has 8 heteroatoms. The fraction of sp³-hybridized carbons (Fsp3) is 0.500. The van der Waals surface area contributed by atoms with Gasteiger partial charge in [0, 0.05) is 12.3 Å². The van der Waals surface area contributed by atoms with Gasteiger partial charge in [0.25, 0.3) is 0 Å². The van der Waals surface area contributed by atoms with E-state index in [2.05, 4.69) is 5.32 Å². The van der Waals surface area contributed by atoms with Crippen LogP contribution in [0.5, 0.6) is 0 Å². The second-order valence-electron chi connectivity index (χ2n) is 4.51. The van der Waals surface area contributed by atoms with Gasteiger partial charge in [-0.15, -0.1) is 0 Å². The molecule has 0 heterocycles. The molecule has 0 fully saturated rings. The summed E-state index contributed by atoms with van der Waals surface area (Å²) in [6.07, 6.45) is -2.68. The van der Waals surface area contributed by atoms with Crippen molar-refractivity contribution >= 4 is 9.84 Å². The number of alkyl halides is 4. The molecule has 0 spiro atoms. The zero-order valence-corrected chi connectivity index (χ0v) is 11.7. The fourth-order valence-electron chi connectivity index (χ4n) is 1.49. The van der Waals surface area contributed by atoms with E-state index in [1.165, 1.54) is 31.2 Å². The molecule has 0 saturated carbocycles. The van der Waals surface area contributed by atoms with E-state index >= 15 is 0 Å². The van der Waals surface area contributed by atoms with Gasteiger partial charge in [0.15, 0.2) is 9.84 Å². The molecule has 0 aliphatic carbocycles. The van der Waals surface area contributed by atoms with E-state index in [0.717, 1.165) is 6.26 Å². The van der Waals surface area contributed by atoms with Crippen LogP contribution in [-0.2, 0) is 9.84 Å². The van der Waals surface area contributed by atoms with Gasteiger partial charge in [0.2, 0.25) is 0 Å². The van der Waals surface area contributed by atoms with Crippen molar-refractivity contribution in [3.8, 4) is 0 Å². The average molecular weight is 313 g/mol. The minimum Gasteiger partial charge on any atom is -0.304 e. The Morgan fingerprint density at radius 1 is 1.20 bits per heavy atom. The second-order valence-corrected chi connectivity index (χ2v) is 6.52. The molecule has 3 nitrogen and oxygen atoms in total. The summed E-state index contributed by atoms with van der Waals surface area (Å²) in [5.41, 5.74) is 0.530. The van der Waals surface area contributed by atoms with E-state index in [1.54, 1.807) is 0 Å². The largest absolute Gasteiger partial charge is 0.319 e. The molecule has 0 aliphatic heterocycles. The Hall–Kier alpha value is -1.15. The third-order valence-electron chi connectivity index (χ3n) is 2.77. The Morgan fingerprint density at radius 3 is 2.10 bits per heavy atom. The molecule has 0 radical (unpaired) electrons. The van der Waals surface area contributed by atoms with Crippen molar-refractivity contribution in [3.05, 3.63) is 29.8 Å². The van der Waals surface area contributed by atoms with E-state index in [9.17, 15) is 26.0 Å². The van der Waals surface area contributed by atoms with Crippen LogP contribution in [0, 0.1) is 0 Å². The first-order chi connectivity index (χ1) is 9.04. The van der Waals surface area contributed by atoms with Crippen LogP contribution in [0.1, 0.15) is 18.5 Å². The molecular weight excluding hydrogens is 298 g/mol. The van der Waals surface area contributed by atoms with Crippen LogP contribution in [0.4, 0.5) is 17.6 Å². The zero-order chi connectivity index (χ0) is 15.6. The monoisotopic (exact) mass is 313 g/mol. The summed E-state index contributed by atoms with van der Waals surface area (Å²) >= 11 is 0. The van der Waals surface area contributed by atoms with Crippen LogP contribution in [-0.4, -0.2) is 33.6 Å². The van der Waals surface area contributed by atoms with Gasteiger partial charge in [0.1, 0.15) is 0 Å². The second kappa shape index (κ2) is 6.09. The van der Waals surface area contributed by atoms with Crippen LogP contribution in [0.15, 0.2) is 29.2 Å². The molecule has 1 atom stereocenters. The first-order valence-electron chi connectivity index (χ1n) is 5.73. The van der Waals surface area contributed by atoms with Crippen molar-refractivity contribution in [3.63, 3.8) is 0 Å². The SMILES string of the molecule is CC(NCC(F)(F)C(F)F)c1ccc(S(C)(=O)=O)cc1. The summed E-state index contributed by atoms with van der Waals surface area (Å²) in [6.45, 7) is 0.372. The lowest BCUT2D eigenvalue weighted by Crippen LogP contribution is -2.39. The minimum atomic E-state index is -4.10. The van der Waals surface area contributed by atoms with Gasteiger partial charge in [-0.1, -0.05) is 12.1 Å². The highest BCUT2D eigenvalue weighted by molar-refractivity contribution is 7.90. The van der Waals surface area contributed by atoms with Gasteiger partial charge >= 0.3 is 12.3 Å². The van der Waals surface area contributed by atoms with Crippen molar-refractivity contribution in [2.45, 2.75) is 30.2 Å². The number of benzene rings is 1. The van der Waals surface area contributed by atoms with Crippen molar-refractivity contribution < 1.29 is 26.0 Å². The summed E-state index contributed by atoms with van der Waals surface area (Å²) < 4.78 is 72.0. The van der Waals surface area contributed by atoms with Crippen LogP contribution >= 0.6 is 0 Å². The summed E-state index contributed by atoms with van der Waals surface area (Å²) in [5, 5.41) is 2.30. The zero-order valence-electron chi connectivity index (χ0n) is 10.9. The van der Waals surface area contributed by atoms with E-state index in [4.69, 9.17) is 0 Å². The number of nitrogens with one attached hydrogen (secondary N) is 1. The lowest BCUT2D eigenvalue weighted by Gasteiger charge is -2.20. The molecular formula is C12H15F4NO2S. The molecule has 0 amide bonds. The number of halogens is 4. The molecule has 1 unspecified atom stereocenters. The molecule has 114 valence electrons. The topological polar surface area (TPSA) is 46.2 Å². The summed E-state index contributed by atoms with van der Waals surface area (Å²) in [6, 6.07) is 4.99. The maximum absolute atomic E-state index is 12.8. The van der Waals surface area contributed by atoms with E-state index in [0.29, 0.717) is 5.56 Å². The highest BCUT2D eigenvalue weighted by Crippen LogP contribution is 2.23. The molecule has 0 saturated heterocycles. The lowest BCUT2D eigenvalue weighted by atomic mass is 10.1. The Labute approximate surface area is 114 Å². The molecule has 0 aromatic heterocycles.